The summed E-state index contributed by atoms with van der Waals surface area (Å²) in [6.07, 6.45) is 1.07. The highest BCUT2D eigenvalue weighted by atomic mass is 127. The lowest BCUT2D eigenvalue weighted by Crippen LogP contribution is -2.06. The third kappa shape index (κ3) is 2.27. The first kappa shape index (κ1) is 11.6. The smallest absolute Gasteiger partial charge is 0.123 e. The van der Waals surface area contributed by atoms with Crippen molar-refractivity contribution in [1.29, 1.82) is 0 Å². The Kier molecular flexibility index (Phi) is 3.49. The van der Waals surface area contributed by atoms with Crippen LogP contribution in [0.5, 0.6) is 0 Å². The van der Waals surface area contributed by atoms with Crippen molar-refractivity contribution < 1.29 is 5.11 Å². The van der Waals surface area contributed by atoms with Crippen molar-refractivity contribution in [1.82, 2.24) is 9.78 Å². The third-order valence-electron chi connectivity index (χ3n) is 2.10. The van der Waals surface area contributed by atoms with Gasteiger partial charge in [0.05, 0.1) is 19.2 Å². The van der Waals surface area contributed by atoms with Crippen LogP contribution in [0.2, 0.25) is 0 Å². The zero-order valence-electron chi connectivity index (χ0n) is 7.82. The Morgan fingerprint density at radius 2 is 2.40 bits per heavy atom. The van der Waals surface area contributed by atoms with E-state index in [0.29, 0.717) is 0 Å². The molecule has 80 valence electrons. The first-order valence-electron chi connectivity index (χ1n) is 4.19. The van der Waals surface area contributed by atoms with Gasteiger partial charge in [-0.2, -0.15) is 5.10 Å². The molecule has 0 aliphatic rings. The lowest BCUT2D eigenvalue weighted by Gasteiger charge is -2.09. The lowest BCUT2D eigenvalue weighted by molar-refractivity contribution is 0.209. The van der Waals surface area contributed by atoms with Gasteiger partial charge in [-0.1, -0.05) is 0 Å². The van der Waals surface area contributed by atoms with Gasteiger partial charge in [-0.3, -0.25) is 4.68 Å². The van der Waals surface area contributed by atoms with Crippen LogP contribution in [0.4, 0.5) is 0 Å². The average molecular weight is 399 g/mol. The van der Waals surface area contributed by atoms with E-state index < -0.39 is 6.10 Å². The van der Waals surface area contributed by atoms with Crippen LogP contribution in [0.3, 0.4) is 0 Å². The second kappa shape index (κ2) is 4.52. The zero-order valence-corrected chi connectivity index (χ0v) is 12.4. The van der Waals surface area contributed by atoms with Gasteiger partial charge in [0.1, 0.15) is 6.10 Å². The summed E-state index contributed by atoms with van der Waals surface area (Å²) in [6, 6.07) is 1.98. The van der Waals surface area contributed by atoms with Crippen LogP contribution < -0.4 is 0 Å². The molecule has 0 aromatic carbocycles. The molecule has 2 heterocycles. The fourth-order valence-corrected chi connectivity index (χ4v) is 3.31. The van der Waals surface area contributed by atoms with Gasteiger partial charge < -0.3 is 5.11 Å². The first-order valence-corrected chi connectivity index (χ1v) is 6.94. The minimum atomic E-state index is -0.619. The van der Waals surface area contributed by atoms with Crippen LogP contribution in [0.25, 0.3) is 0 Å². The summed E-state index contributed by atoms with van der Waals surface area (Å²) in [5.41, 5.74) is 1.69. The van der Waals surface area contributed by atoms with E-state index in [2.05, 4.69) is 43.6 Å². The average Bonchev–Trinajstić information content (AvgIpc) is 2.73. The number of rotatable bonds is 2. The molecule has 0 spiro atoms. The Labute approximate surface area is 113 Å². The van der Waals surface area contributed by atoms with Gasteiger partial charge in [-0.15, -0.1) is 11.3 Å². The van der Waals surface area contributed by atoms with Gasteiger partial charge in [0.25, 0.3) is 0 Å². The maximum Gasteiger partial charge on any atom is 0.123 e. The number of nitrogens with zero attached hydrogens (tertiary/aromatic N) is 2. The normalized spacial score (nSPS) is 13.1. The van der Waals surface area contributed by atoms with Crippen LogP contribution in [0.15, 0.2) is 22.1 Å². The molecule has 0 amide bonds. The summed E-state index contributed by atoms with van der Waals surface area (Å²) < 4.78 is 3.68. The maximum absolute atomic E-state index is 10.2. The number of aliphatic hydroxyl groups excluding tert-OH is 1. The minimum absolute atomic E-state index is 0.619. The Morgan fingerprint density at radius 1 is 1.67 bits per heavy atom. The molecule has 0 bridgehead atoms. The van der Waals surface area contributed by atoms with Crippen LogP contribution in [0, 0.1) is 2.88 Å². The van der Waals surface area contributed by atoms with E-state index in [4.69, 9.17) is 0 Å². The molecular weight excluding hydrogens is 391 g/mol. The Balaban J connectivity index is 2.40. The van der Waals surface area contributed by atoms with Gasteiger partial charge in [0.15, 0.2) is 0 Å². The molecule has 2 rings (SSSR count). The van der Waals surface area contributed by atoms with E-state index in [-0.39, 0.29) is 0 Å². The summed E-state index contributed by atoms with van der Waals surface area (Å²) >= 11 is 7.25. The topological polar surface area (TPSA) is 38.0 Å². The Bertz CT molecular complexity index is 463. The number of thiophene rings is 1. The molecule has 0 aliphatic carbocycles. The molecule has 0 aliphatic heterocycles. The second-order valence-corrected chi connectivity index (χ2v) is 6.75. The molecule has 3 nitrogen and oxygen atoms in total. The van der Waals surface area contributed by atoms with Crippen LogP contribution in [0.1, 0.15) is 17.4 Å². The van der Waals surface area contributed by atoms with Gasteiger partial charge >= 0.3 is 0 Å². The second-order valence-electron chi connectivity index (χ2n) is 3.09. The zero-order chi connectivity index (χ0) is 11.0. The molecule has 0 fully saturated rings. The van der Waals surface area contributed by atoms with Crippen molar-refractivity contribution in [2.24, 2.45) is 7.05 Å². The van der Waals surface area contributed by atoms with Crippen molar-refractivity contribution in [2.75, 3.05) is 0 Å². The Morgan fingerprint density at radius 3 is 2.87 bits per heavy atom. The molecule has 1 unspecified atom stereocenters. The number of halogens is 2. The van der Waals surface area contributed by atoms with Crippen LogP contribution >= 0.6 is 49.9 Å². The quantitative estimate of drug-likeness (QED) is 0.790. The van der Waals surface area contributed by atoms with Gasteiger partial charge in [-0.05, 0) is 55.5 Å². The number of aromatic nitrogens is 2. The highest BCUT2D eigenvalue weighted by Gasteiger charge is 2.18. The van der Waals surface area contributed by atoms with Crippen molar-refractivity contribution in [2.45, 2.75) is 6.10 Å². The monoisotopic (exact) mass is 398 g/mol. The highest BCUT2D eigenvalue weighted by molar-refractivity contribution is 14.1. The SMILES string of the molecule is Cn1ncc(Br)c1C(O)c1csc(I)c1. The highest BCUT2D eigenvalue weighted by Crippen LogP contribution is 2.30. The molecule has 2 aromatic rings. The largest absolute Gasteiger partial charge is 0.382 e. The summed E-state index contributed by atoms with van der Waals surface area (Å²) in [6.45, 7) is 0. The third-order valence-corrected chi connectivity index (χ3v) is 4.52. The van der Waals surface area contributed by atoms with Crippen molar-refractivity contribution in [3.05, 3.63) is 36.3 Å². The van der Waals surface area contributed by atoms with E-state index in [1.165, 1.54) is 2.88 Å². The molecule has 2 aromatic heterocycles. The summed E-state index contributed by atoms with van der Waals surface area (Å²) in [7, 11) is 1.82. The Hall–Kier alpha value is 0.0800. The number of aryl methyl sites for hydroxylation is 1. The van der Waals surface area contributed by atoms with Crippen LogP contribution in [-0.2, 0) is 7.05 Å². The fourth-order valence-electron chi connectivity index (χ4n) is 1.35. The molecule has 1 atom stereocenters. The number of aliphatic hydroxyl groups is 1. The predicted molar refractivity (Wildman–Crippen MR) is 72.0 cm³/mol. The van der Waals surface area contributed by atoms with E-state index in [9.17, 15) is 5.11 Å². The first-order chi connectivity index (χ1) is 7.09. The summed E-state index contributed by atoms with van der Waals surface area (Å²) in [5.74, 6) is 0. The van der Waals surface area contributed by atoms with E-state index in [1.54, 1.807) is 22.2 Å². The van der Waals surface area contributed by atoms with Crippen molar-refractivity contribution >= 4 is 49.9 Å². The molecular formula is C9H8BrIN2OS. The maximum atomic E-state index is 10.2. The molecule has 15 heavy (non-hydrogen) atoms. The van der Waals surface area contributed by atoms with E-state index in [0.717, 1.165) is 15.7 Å². The van der Waals surface area contributed by atoms with Crippen molar-refractivity contribution in [3.63, 3.8) is 0 Å². The minimum Gasteiger partial charge on any atom is -0.382 e. The summed E-state index contributed by atoms with van der Waals surface area (Å²) in [5, 5.41) is 16.2. The molecule has 0 radical (unpaired) electrons. The number of hydrogen-bond acceptors (Lipinski definition) is 3. The van der Waals surface area contributed by atoms with Gasteiger partial charge in [0, 0.05) is 7.05 Å². The van der Waals surface area contributed by atoms with E-state index in [1.807, 2.05) is 18.5 Å². The van der Waals surface area contributed by atoms with Gasteiger partial charge in [0.2, 0.25) is 0 Å². The molecule has 0 saturated heterocycles. The molecule has 6 heteroatoms. The summed E-state index contributed by atoms with van der Waals surface area (Å²) in [4.78, 5) is 0. The standard InChI is InChI=1S/C9H8BrIN2OS/c1-13-8(6(10)3-12-13)9(14)5-2-7(11)15-4-5/h2-4,9,14H,1H3. The fraction of sp³-hybridized carbons (Fsp3) is 0.222. The molecule has 0 saturated carbocycles. The lowest BCUT2D eigenvalue weighted by atomic mass is 10.1. The van der Waals surface area contributed by atoms with Crippen LogP contribution in [-0.4, -0.2) is 14.9 Å². The molecule has 1 N–H and O–H groups in total. The van der Waals surface area contributed by atoms with Crippen molar-refractivity contribution in [3.8, 4) is 0 Å². The predicted octanol–water partition coefficient (Wildman–Crippen LogP) is 2.93. The van der Waals surface area contributed by atoms with Gasteiger partial charge in [-0.25, -0.2) is 0 Å². The van der Waals surface area contributed by atoms with E-state index >= 15 is 0 Å². The number of hydrogen-bond donors (Lipinski definition) is 1.